The maximum absolute atomic E-state index is 13.2. The van der Waals surface area contributed by atoms with E-state index >= 15 is 0 Å². The van der Waals surface area contributed by atoms with Crippen LogP contribution >= 0.6 is 15.9 Å². The van der Waals surface area contributed by atoms with Crippen molar-refractivity contribution in [3.63, 3.8) is 0 Å². The molecule has 0 saturated carbocycles. The number of nitrogens with zero attached hydrogens (tertiary/aromatic N) is 3. The number of hydrogen-bond donors (Lipinski definition) is 1. The van der Waals surface area contributed by atoms with E-state index < -0.39 is 0 Å². The molecule has 0 amide bonds. The third-order valence-corrected chi connectivity index (χ3v) is 4.63. The Morgan fingerprint density at radius 1 is 1.13 bits per heavy atom. The summed E-state index contributed by atoms with van der Waals surface area (Å²) in [6.45, 7) is 0. The van der Waals surface area contributed by atoms with E-state index in [4.69, 9.17) is 0 Å². The number of benzene rings is 2. The first-order valence-electron chi connectivity index (χ1n) is 7.38. The van der Waals surface area contributed by atoms with E-state index in [0.717, 1.165) is 22.4 Å². The van der Waals surface area contributed by atoms with Crippen molar-refractivity contribution in [1.29, 1.82) is 0 Å². The van der Waals surface area contributed by atoms with Crippen LogP contribution in [0.3, 0.4) is 0 Å². The van der Waals surface area contributed by atoms with Crippen LogP contribution in [0.15, 0.2) is 59.3 Å². The first-order valence-corrected chi connectivity index (χ1v) is 8.17. The van der Waals surface area contributed by atoms with Gasteiger partial charge in [-0.2, -0.15) is 10.1 Å². The summed E-state index contributed by atoms with van der Waals surface area (Å²) in [6.07, 6.45) is 2.37. The molecule has 0 unspecified atom stereocenters. The molecule has 1 aromatic heterocycles. The van der Waals surface area contributed by atoms with Crippen LogP contribution in [0.25, 0.3) is 0 Å². The Morgan fingerprint density at radius 2 is 1.96 bits per heavy atom. The molecule has 2 aromatic carbocycles. The zero-order valence-corrected chi connectivity index (χ0v) is 13.7. The molecule has 0 aliphatic carbocycles. The summed E-state index contributed by atoms with van der Waals surface area (Å²) in [5.41, 5.74) is 2.21. The van der Waals surface area contributed by atoms with Gasteiger partial charge in [-0.05, 0) is 41.8 Å². The van der Waals surface area contributed by atoms with Crippen molar-refractivity contribution in [2.45, 2.75) is 18.5 Å². The molecule has 3 aromatic rings. The van der Waals surface area contributed by atoms with Crippen LogP contribution in [0, 0.1) is 5.82 Å². The predicted molar refractivity (Wildman–Crippen MR) is 89.7 cm³/mol. The van der Waals surface area contributed by atoms with Crippen LogP contribution in [0.4, 0.5) is 10.3 Å². The van der Waals surface area contributed by atoms with Gasteiger partial charge < -0.3 is 5.32 Å². The van der Waals surface area contributed by atoms with Crippen LogP contribution < -0.4 is 5.32 Å². The molecular weight excluding hydrogens is 359 g/mol. The largest absolute Gasteiger partial charge is 0.348 e. The van der Waals surface area contributed by atoms with E-state index in [1.165, 1.54) is 17.7 Å². The Balaban J connectivity index is 1.73. The van der Waals surface area contributed by atoms with Gasteiger partial charge in [-0.1, -0.05) is 40.2 Å². The van der Waals surface area contributed by atoms with Gasteiger partial charge in [-0.3, -0.25) is 0 Å². The maximum Gasteiger partial charge on any atom is 0.222 e. The molecule has 4 nitrogen and oxygen atoms in total. The molecule has 6 heteroatoms. The molecule has 116 valence electrons. The van der Waals surface area contributed by atoms with Gasteiger partial charge in [0.15, 0.2) is 0 Å². The number of aromatic nitrogens is 3. The highest BCUT2D eigenvalue weighted by molar-refractivity contribution is 9.10. The van der Waals surface area contributed by atoms with E-state index in [9.17, 15) is 4.39 Å². The Hall–Kier alpha value is -2.21. The van der Waals surface area contributed by atoms with E-state index in [0.29, 0.717) is 0 Å². The van der Waals surface area contributed by atoms with Crippen molar-refractivity contribution in [3.05, 3.63) is 76.3 Å². The molecule has 0 spiro atoms. The SMILES string of the molecule is Fc1ccc([C@H]2C[C@@H](c3cccc(Br)c3)n3ncnc3N2)cc1. The number of hydrogen-bond acceptors (Lipinski definition) is 3. The first kappa shape index (κ1) is 14.4. The van der Waals surface area contributed by atoms with Gasteiger partial charge in [0.2, 0.25) is 5.95 Å². The van der Waals surface area contributed by atoms with Crippen LogP contribution in [-0.4, -0.2) is 14.8 Å². The van der Waals surface area contributed by atoms with Crippen molar-refractivity contribution >= 4 is 21.9 Å². The third kappa shape index (κ3) is 2.74. The fourth-order valence-corrected chi connectivity index (χ4v) is 3.44. The summed E-state index contributed by atoms with van der Waals surface area (Å²) in [4.78, 5) is 4.30. The number of nitrogens with one attached hydrogen (secondary N) is 1. The molecule has 0 radical (unpaired) electrons. The highest BCUT2D eigenvalue weighted by Crippen LogP contribution is 2.37. The van der Waals surface area contributed by atoms with Crippen molar-refractivity contribution in [1.82, 2.24) is 14.8 Å². The second-order valence-electron chi connectivity index (χ2n) is 5.58. The smallest absolute Gasteiger partial charge is 0.222 e. The summed E-state index contributed by atoms with van der Waals surface area (Å²) < 4.78 is 16.1. The lowest BCUT2D eigenvalue weighted by molar-refractivity contribution is 0.430. The average Bonchev–Trinajstić information content (AvgIpc) is 3.03. The highest BCUT2D eigenvalue weighted by Gasteiger charge is 2.29. The standard InChI is InChI=1S/C17H14BrFN4/c18-13-3-1-2-12(8-13)16-9-15(11-4-6-14(19)7-5-11)22-17-20-10-21-23(16)17/h1-8,10,15-16H,9H2,(H,20,21,22)/t15-,16+/m1/s1. The highest BCUT2D eigenvalue weighted by atomic mass is 79.9. The quantitative estimate of drug-likeness (QED) is 0.727. The van der Waals surface area contributed by atoms with Crippen molar-refractivity contribution < 1.29 is 4.39 Å². The lowest BCUT2D eigenvalue weighted by Gasteiger charge is -2.31. The predicted octanol–water partition coefficient (Wildman–Crippen LogP) is 4.33. The van der Waals surface area contributed by atoms with Crippen molar-refractivity contribution in [3.8, 4) is 0 Å². The summed E-state index contributed by atoms with van der Waals surface area (Å²) in [7, 11) is 0. The zero-order valence-electron chi connectivity index (χ0n) is 12.2. The minimum absolute atomic E-state index is 0.0660. The zero-order chi connectivity index (χ0) is 15.8. The minimum atomic E-state index is -0.226. The van der Waals surface area contributed by atoms with Gasteiger partial charge in [0.25, 0.3) is 0 Å². The molecular formula is C17H14BrFN4. The fraction of sp³-hybridized carbons (Fsp3) is 0.176. The van der Waals surface area contributed by atoms with Crippen LogP contribution in [-0.2, 0) is 0 Å². The monoisotopic (exact) mass is 372 g/mol. The molecule has 0 fully saturated rings. The van der Waals surface area contributed by atoms with Crippen LogP contribution in [0.1, 0.15) is 29.6 Å². The van der Waals surface area contributed by atoms with E-state index in [1.807, 2.05) is 28.9 Å². The van der Waals surface area contributed by atoms with Gasteiger partial charge in [-0.15, -0.1) is 0 Å². The molecule has 0 saturated heterocycles. The van der Waals surface area contributed by atoms with E-state index in [1.54, 1.807) is 6.33 Å². The van der Waals surface area contributed by atoms with Crippen LogP contribution in [0.2, 0.25) is 0 Å². The average molecular weight is 373 g/mol. The second-order valence-corrected chi connectivity index (χ2v) is 6.50. The van der Waals surface area contributed by atoms with Gasteiger partial charge >= 0.3 is 0 Å². The number of halogens is 2. The summed E-state index contributed by atoms with van der Waals surface area (Å²) in [6, 6.07) is 15.0. The lowest BCUT2D eigenvalue weighted by atomic mass is 9.93. The maximum atomic E-state index is 13.2. The topological polar surface area (TPSA) is 42.7 Å². The fourth-order valence-electron chi connectivity index (χ4n) is 3.02. The van der Waals surface area contributed by atoms with E-state index in [-0.39, 0.29) is 17.9 Å². The first-order chi connectivity index (χ1) is 11.2. The van der Waals surface area contributed by atoms with Gasteiger partial charge in [-0.25, -0.2) is 9.07 Å². The number of fused-ring (bicyclic) bond motifs is 1. The molecule has 2 atom stereocenters. The number of rotatable bonds is 2. The molecule has 1 N–H and O–H groups in total. The Labute approximate surface area is 141 Å². The van der Waals surface area contributed by atoms with Crippen molar-refractivity contribution in [2.75, 3.05) is 5.32 Å². The molecule has 1 aliphatic rings. The van der Waals surface area contributed by atoms with Gasteiger partial charge in [0, 0.05) is 4.47 Å². The summed E-state index contributed by atoms with van der Waals surface area (Å²) in [5, 5.41) is 7.74. The minimum Gasteiger partial charge on any atom is -0.348 e. The molecule has 2 heterocycles. The Kier molecular flexibility index (Phi) is 3.61. The normalized spacial score (nSPS) is 19.9. The molecule has 1 aliphatic heterocycles. The Bertz CT molecular complexity index is 831. The third-order valence-electron chi connectivity index (χ3n) is 4.14. The van der Waals surface area contributed by atoms with E-state index in [2.05, 4.69) is 43.5 Å². The second kappa shape index (κ2) is 5.77. The van der Waals surface area contributed by atoms with Crippen molar-refractivity contribution in [2.24, 2.45) is 0 Å². The van der Waals surface area contributed by atoms with Gasteiger partial charge in [0.05, 0.1) is 12.1 Å². The van der Waals surface area contributed by atoms with Gasteiger partial charge in [0.1, 0.15) is 12.1 Å². The van der Waals surface area contributed by atoms with Crippen LogP contribution in [0.5, 0.6) is 0 Å². The molecule has 4 rings (SSSR count). The molecule has 0 bridgehead atoms. The lowest BCUT2D eigenvalue weighted by Crippen LogP contribution is -2.28. The molecule has 23 heavy (non-hydrogen) atoms. The summed E-state index contributed by atoms with van der Waals surface area (Å²) in [5.74, 6) is 0.506. The summed E-state index contributed by atoms with van der Waals surface area (Å²) >= 11 is 3.52. The Morgan fingerprint density at radius 3 is 2.74 bits per heavy atom. The number of anilines is 1.